The van der Waals surface area contributed by atoms with Gasteiger partial charge in [0.1, 0.15) is 10.8 Å². The van der Waals surface area contributed by atoms with Crippen molar-refractivity contribution in [3.05, 3.63) is 0 Å². The zero-order valence-corrected chi connectivity index (χ0v) is 11.4. The lowest BCUT2D eigenvalue weighted by atomic mass is 9.81. The van der Waals surface area contributed by atoms with Crippen molar-refractivity contribution in [2.45, 2.75) is 49.8 Å². The summed E-state index contributed by atoms with van der Waals surface area (Å²) in [5.74, 6) is -1.82. The molecule has 0 aliphatic heterocycles. The van der Waals surface area contributed by atoms with Crippen LogP contribution in [0.1, 0.15) is 39.0 Å². The second-order valence-corrected chi connectivity index (χ2v) is 7.28. The van der Waals surface area contributed by atoms with Crippen LogP contribution < -0.4 is 5.32 Å². The number of hydrogen-bond donors (Lipinski definition) is 2. The average molecular weight is 277 g/mol. The minimum atomic E-state index is -3.51. The predicted octanol–water partition coefficient (Wildman–Crippen LogP) is 0.323. The van der Waals surface area contributed by atoms with Gasteiger partial charge in [0.15, 0.2) is 9.84 Å². The van der Waals surface area contributed by atoms with Crippen molar-refractivity contribution >= 4 is 21.7 Å². The van der Waals surface area contributed by atoms with E-state index in [0.29, 0.717) is 12.8 Å². The fourth-order valence-corrected chi connectivity index (χ4v) is 2.53. The van der Waals surface area contributed by atoms with Crippen LogP contribution in [0.25, 0.3) is 0 Å². The molecule has 0 aromatic carbocycles. The molecular weight excluding hydrogens is 258 g/mol. The van der Waals surface area contributed by atoms with Crippen LogP contribution in [0.3, 0.4) is 0 Å². The molecular formula is C11H19NO5S. The van der Waals surface area contributed by atoms with E-state index in [4.69, 9.17) is 0 Å². The predicted molar refractivity (Wildman–Crippen MR) is 65.9 cm³/mol. The number of nitrogens with one attached hydrogen (secondary N) is 1. The Morgan fingerprint density at radius 3 is 2.11 bits per heavy atom. The van der Waals surface area contributed by atoms with Gasteiger partial charge in [-0.1, -0.05) is 19.3 Å². The summed E-state index contributed by atoms with van der Waals surface area (Å²) in [6.45, 7) is 1.27. The van der Waals surface area contributed by atoms with Crippen LogP contribution in [-0.4, -0.2) is 42.4 Å². The van der Waals surface area contributed by atoms with Crippen molar-refractivity contribution in [2.24, 2.45) is 0 Å². The molecule has 1 rings (SSSR count). The fourth-order valence-electron chi connectivity index (χ4n) is 2.08. The standard InChI is InChI=1S/C11H19NO5S/c1-8(18(2,16)17)9(13)12-11(10(14)15)6-4-3-5-7-11/h8H,3-7H2,1-2H3,(H,12,13)(H,14,15). The van der Waals surface area contributed by atoms with Gasteiger partial charge in [-0.3, -0.25) is 4.79 Å². The number of sulfone groups is 1. The molecule has 0 aromatic heterocycles. The van der Waals surface area contributed by atoms with E-state index >= 15 is 0 Å². The van der Waals surface area contributed by atoms with Crippen molar-refractivity contribution in [2.75, 3.05) is 6.26 Å². The normalized spacial score (nSPS) is 21.0. The third-order valence-electron chi connectivity index (χ3n) is 3.49. The minimum absolute atomic E-state index is 0.352. The van der Waals surface area contributed by atoms with Crippen LogP contribution in [0.5, 0.6) is 0 Å². The highest BCUT2D eigenvalue weighted by Gasteiger charge is 2.42. The van der Waals surface area contributed by atoms with Gasteiger partial charge in [-0.05, 0) is 19.8 Å². The molecule has 0 aromatic rings. The Balaban J connectivity index is 2.85. The highest BCUT2D eigenvalue weighted by molar-refractivity contribution is 7.92. The van der Waals surface area contributed by atoms with Crippen LogP contribution >= 0.6 is 0 Å². The Morgan fingerprint density at radius 1 is 1.22 bits per heavy atom. The maximum atomic E-state index is 11.8. The Bertz CT molecular complexity index is 436. The molecule has 1 atom stereocenters. The van der Waals surface area contributed by atoms with Crippen LogP contribution in [0.15, 0.2) is 0 Å². The van der Waals surface area contributed by atoms with Gasteiger partial charge in [-0.25, -0.2) is 13.2 Å². The molecule has 1 amide bonds. The first-order chi connectivity index (χ1) is 8.19. The number of hydrogen-bond acceptors (Lipinski definition) is 4. The quantitative estimate of drug-likeness (QED) is 0.771. The Morgan fingerprint density at radius 2 is 1.72 bits per heavy atom. The van der Waals surface area contributed by atoms with E-state index in [-0.39, 0.29) is 0 Å². The molecule has 1 fully saturated rings. The molecule has 6 nitrogen and oxygen atoms in total. The Labute approximate surface area is 107 Å². The second kappa shape index (κ2) is 5.26. The van der Waals surface area contributed by atoms with Crippen molar-refractivity contribution in [3.63, 3.8) is 0 Å². The number of carboxylic acids is 1. The van der Waals surface area contributed by atoms with E-state index < -0.39 is 32.5 Å². The molecule has 0 bridgehead atoms. The lowest BCUT2D eigenvalue weighted by Crippen LogP contribution is -2.58. The first-order valence-corrected chi connectivity index (χ1v) is 7.89. The maximum Gasteiger partial charge on any atom is 0.329 e. The molecule has 0 radical (unpaired) electrons. The van der Waals surface area contributed by atoms with Gasteiger partial charge in [0.25, 0.3) is 0 Å². The summed E-state index contributed by atoms with van der Waals surface area (Å²) in [4.78, 5) is 23.1. The van der Waals surface area contributed by atoms with E-state index in [1.807, 2.05) is 0 Å². The van der Waals surface area contributed by atoms with Crippen molar-refractivity contribution < 1.29 is 23.1 Å². The lowest BCUT2D eigenvalue weighted by Gasteiger charge is -2.34. The number of rotatable bonds is 4. The van der Waals surface area contributed by atoms with Gasteiger partial charge < -0.3 is 10.4 Å². The van der Waals surface area contributed by atoms with Gasteiger partial charge in [0, 0.05) is 6.26 Å². The topological polar surface area (TPSA) is 101 Å². The molecule has 0 spiro atoms. The number of carbonyl (C=O) groups excluding carboxylic acids is 1. The lowest BCUT2D eigenvalue weighted by molar-refractivity contribution is -0.149. The first kappa shape index (κ1) is 14.9. The first-order valence-electron chi connectivity index (χ1n) is 5.93. The summed E-state index contributed by atoms with van der Waals surface area (Å²) >= 11 is 0. The number of carboxylic acid groups (broad SMARTS) is 1. The van der Waals surface area contributed by atoms with Gasteiger partial charge in [0.05, 0.1) is 0 Å². The van der Waals surface area contributed by atoms with Crippen LogP contribution in [-0.2, 0) is 19.4 Å². The summed E-state index contributed by atoms with van der Waals surface area (Å²) < 4.78 is 22.6. The largest absolute Gasteiger partial charge is 0.480 e. The van der Waals surface area contributed by atoms with Gasteiger partial charge in [-0.2, -0.15) is 0 Å². The van der Waals surface area contributed by atoms with Crippen LogP contribution in [0.2, 0.25) is 0 Å². The minimum Gasteiger partial charge on any atom is -0.480 e. The van der Waals surface area contributed by atoms with Gasteiger partial charge >= 0.3 is 5.97 Å². The Hall–Kier alpha value is -1.11. The number of amides is 1. The molecule has 7 heteroatoms. The maximum absolute atomic E-state index is 11.8. The monoisotopic (exact) mass is 277 g/mol. The number of carbonyl (C=O) groups is 2. The summed E-state index contributed by atoms with van der Waals surface area (Å²) in [5.41, 5.74) is -1.30. The highest BCUT2D eigenvalue weighted by atomic mass is 32.2. The highest BCUT2D eigenvalue weighted by Crippen LogP contribution is 2.28. The van der Waals surface area contributed by atoms with Gasteiger partial charge in [0.2, 0.25) is 5.91 Å². The summed E-state index contributed by atoms with van der Waals surface area (Å²) in [6, 6.07) is 0. The summed E-state index contributed by atoms with van der Waals surface area (Å²) in [6.07, 6.45) is 4.05. The molecule has 2 N–H and O–H groups in total. The van der Waals surface area contributed by atoms with Crippen molar-refractivity contribution in [1.82, 2.24) is 5.32 Å². The molecule has 104 valence electrons. The van der Waals surface area contributed by atoms with E-state index in [1.54, 1.807) is 0 Å². The van der Waals surface area contributed by atoms with Crippen LogP contribution in [0.4, 0.5) is 0 Å². The van der Waals surface area contributed by atoms with Crippen LogP contribution in [0, 0.1) is 0 Å². The van der Waals surface area contributed by atoms with E-state index in [2.05, 4.69) is 5.32 Å². The fraction of sp³-hybridized carbons (Fsp3) is 0.818. The van der Waals surface area contributed by atoms with E-state index in [1.165, 1.54) is 6.92 Å². The number of aliphatic carboxylic acids is 1. The molecule has 1 unspecified atom stereocenters. The molecule has 18 heavy (non-hydrogen) atoms. The second-order valence-electron chi connectivity index (χ2n) is 4.91. The molecule has 1 saturated carbocycles. The zero-order valence-electron chi connectivity index (χ0n) is 10.6. The van der Waals surface area contributed by atoms with Gasteiger partial charge in [-0.15, -0.1) is 0 Å². The van der Waals surface area contributed by atoms with Crippen molar-refractivity contribution in [3.8, 4) is 0 Å². The van der Waals surface area contributed by atoms with E-state index in [0.717, 1.165) is 25.5 Å². The SMILES string of the molecule is CC(C(=O)NC1(C(=O)O)CCCCC1)S(C)(=O)=O. The van der Waals surface area contributed by atoms with Crippen molar-refractivity contribution in [1.29, 1.82) is 0 Å². The molecule has 0 saturated heterocycles. The zero-order chi connectivity index (χ0) is 14.0. The Kier molecular flexibility index (Phi) is 4.37. The third kappa shape index (κ3) is 3.22. The summed E-state index contributed by atoms with van der Waals surface area (Å²) in [7, 11) is -3.51. The molecule has 1 aliphatic carbocycles. The summed E-state index contributed by atoms with van der Waals surface area (Å²) in [5, 5.41) is 10.5. The molecule has 1 aliphatic rings. The average Bonchev–Trinajstić information content (AvgIpc) is 2.27. The molecule has 0 heterocycles. The third-order valence-corrected chi connectivity index (χ3v) is 4.99. The smallest absolute Gasteiger partial charge is 0.329 e. The van der Waals surface area contributed by atoms with E-state index in [9.17, 15) is 23.1 Å².